The van der Waals surface area contributed by atoms with E-state index in [2.05, 4.69) is 0 Å². The summed E-state index contributed by atoms with van der Waals surface area (Å²) < 4.78 is 5.41. The van der Waals surface area contributed by atoms with Crippen LogP contribution in [0.5, 0.6) is 5.75 Å². The summed E-state index contributed by atoms with van der Waals surface area (Å²) in [6.07, 6.45) is 4.06. The van der Waals surface area contributed by atoms with Gasteiger partial charge in [-0.15, -0.1) is 0 Å². The second kappa shape index (κ2) is 7.07. The summed E-state index contributed by atoms with van der Waals surface area (Å²) in [6.45, 7) is 2.01. The molecule has 5 nitrogen and oxygen atoms in total. The van der Waals surface area contributed by atoms with Gasteiger partial charge >= 0.3 is 5.97 Å². The van der Waals surface area contributed by atoms with Gasteiger partial charge in [-0.25, -0.2) is 4.79 Å². The largest absolute Gasteiger partial charge is 0.424 e. The first-order valence-electron chi connectivity index (χ1n) is 7.04. The molecule has 6 heteroatoms. The minimum absolute atomic E-state index is 0.138. The lowest BCUT2D eigenvalue weighted by atomic mass is 10.0. The first-order valence-corrected chi connectivity index (χ1v) is 7.04. The molecule has 0 bridgehead atoms. The number of rotatable bonds is 4. The quantitative estimate of drug-likeness (QED) is 0.364. The maximum absolute atomic E-state index is 12.3. The second-order valence-electron chi connectivity index (χ2n) is 5.07. The van der Waals surface area contributed by atoms with E-state index in [1.54, 1.807) is 24.3 Å². The van der Waals surface area contributed by atoms with Gasteiger partial charge in [0, 0.05) is 19.0 Å². The molecular formula is C16H16BNO4. The van der Waals surface area contributed by atoms with Crippen LogP contribution in [0.15, 0.2) is 30.3 Å². The minimum Gasteiger partial charge on any atom is -0.424 e. The van der Waals surface area contributed by atoms with Crippen molar-refractivity contribution in [1.29, 1.82) is 0 Å². The number of ether oxygens (including phenoxy) is 1. The molecule has 112 valence electrons. The van der Waals surface area contributed by atoms with E-state index in [0.717, 1.165) is 6.42 Å². The highest BCUT2D eigenvalue weighted by atomic mass is 16.5. The number of carbonyl (C=O) groups is 3. The molecule has 2 radical (unpaired) electrons. The molecule has 1 saturated heterocycles. The Morgan fingerprint density at radius 2 is 2.05 bits per heavy atom. The summed E-state index contributed by atoms with van der Waals surface area (Å²) in [6, 6.07) is 6.27. The summed E-state index contributed by atoms with van der Waals surface area (Å²) in [4.78, 5) is 36.1. The van der Waals surface area contributed by atoms with Crippen molar-refractivity contribution < 1.29 is 19.1 Å². The van der Waals surface area contributed by atoms with E-state index in [-0.39, 0.29) is 5.91 Å². The highest BCUT2D eigenvalue weighted by Crippen LogP contribution is 2.23. The van der Waals surface area contributed by atoms with E-state index in [0.29, 0.717) is 24.3 Å². The molecule has 0 saturated carbocycles. The van der Waals surface area contributed by atoms with Gasteiger partial charge in [-0.05, 0) is 31.1 Å². The van der Waals surface area contributed by atoms with Crippen LogP contribution in [0.3, 0.4) is 0 Å². The summed E-state index contributed by atoms with van der Waals surface area (Å²) in [7, 11) is 5.07. The van der Waals surface area contributed by atoms with Crippen molar-refractivity contribution in [2.75, 3.05) is 6.54 Å². The van der Waals surface area contributed by atoms with Crippen molar-refractivity contribution >= 4 is 31.5 Å². The van der Waals surface area contributed by atoms with Crippen molar-refractivity contribution in [3.63, 3.8) is 0 Å². The fraction of sp³-hybridized carbons (Fsp3) is 0.312. The number of allylic oxidation sites excluding steroid dienone is 1. The molecule has 2 rings (SSSR count). The zero-order valence-corrected chi connectivity index (χ0v) is 12.3. The topological polar surface area (TPSA) is 63.7 Å². The molecule has 0 spiro atoms. The number of hydrogen-bond acceptors (Lipinski definition) is 4. The molecular weight excluding hydrogens is 281 g/mol. The van der Waals surface area contributed by atoms with Gasteiger partial charge < -0.3 is 14.4 Å². The van der Waals surface area contributed by atoms with E-state index in [9.17, 15) is 14.4 Å². The van der Waals surface area contributed by atoms with Crippen LogP contribution in [0.25, 0.3) is 6.08 Å². The maximum atomic E-state index is 12.3. The monoisotopic (exact) mass is 297 g/mol. The molecule has 1 aromatic carbocycles. The third kappa shape index (κ3) is 3.84. The molecule has 1 unspecified atom stereocenters. The average molecular weight is 297 g/mol. The Morgan fingerprint density at radius 1 is 1.32 bits per heavy atom. The fourth-order valence-electron chi connectivity index (χ4n) is 2.45. The van der Waals surface area contributed by atoms with E-state index >= 15 is 0 Å². The molecule has 1 fully saturated rings. The van der Waals surface area contributed by atoms with Crippen molar-refractivity contribution in [3.8, 4) is 5.75 Å². The smallest absolute Gasteiger partial charge is 0.334 e. The van der Waals surface area contributed by atoms with Gasteiger partial charge in [0.2, 0.25) is 5.91 Å². The average Bonchev–Trinajstić information content (AvgIpc) is 2.96. The SMILES string of the molecule is [B]C(=O)/C=C\c1ccccc1OC(=O)C1CCCN1C(C)=O. The van der Waals surface area contributed by atoms with Crippen LogP contribution in [0, 0.1) is 0 Å². The predicted octanol–water partition coefficient (Wildman–Crippen LogP) is 1.31. The van der Waals surface area contributed by atoms with E-state index in [4.69, 9.17) is 12.6 Å². The van der Waals surface area contributed by atoms with Gasteiger partial charge in [-0.3, -0.25) is 4.79 Å². The van der Waals surface area contributed by atoms with Gasteiger partial charge in [0.25, 0.3) is 0 Å². The molecule has 1 aliphatic rings. The molecule has 0 aromatic heterocycles. The van der Waals surface area contributed by atoms with E-state index in [1.807, 2.05) is 0 Å². The maximum Gasteiger partial charge on any atom is 0.334 e. The predicted molar refractivity (Wildman–Crippen MR) is 82.3 cm³/mol. The Bertz CT molecular complexity index is 626. The summed E-state index contributed by atoms with van der Waals surface area (Å²) in [5.41, 5.74) is -0.0123. The Balaban J connectivity index is 2.15. The summed E-state index contributed by atoms with van der Waals surface area (Å²) in [5.74, 6) is -0.269. The Morgan fingerprint density at radius 3 is 2.73 bits per heavy atom. The highest BCUT2D eigenvalue weighted by molar-refractivity contribution is 6.61. The highest BCUT2D eigenvalue weighted by Gasteiger charge is 2.34. The van der Waals surface area contributed by atoms with Crippen LogP contribution in [-0.2, 0) is 14.4 Å². The van der Waals surface area contributed by atoms with Gasteiger partial charge in [-0.2, -0.15) is 0 Å². The lowest BCUT2D eigenvalue weighted by Crippen LogP contribution is -2.41. The number of carbonyl (C=O) groups excluding carboxylic acids is 3. The third-order valence-electron chi connectivity index (χ3n) is 3.49. The van der Waals surface area contributed by atoms with E-state index in [1.165, 1.54) is 24.0 Å². The first-order chi connectivity index (χ1) is 10.5. The normalized spacial score (nSPS) is 17.7. The van der Waals surface area contributed by atoms with E-state index < -0.39 is 17.7 Å². The van der Waals surface area contributed by atoms with Crippen molar-refractivity contribution in [1.82, 2.24) is 4.90 Å². The van der Waals surface area contributed by atoms with Crippen LogP contribution in [0.1, 0.15) is 25.3 Å². The number of likely N-dealkylation sites (tertiary alicyclic amines) is 1. The van der Waals surface area contributed by atoms with Crippen LogP contribution >= 0.6 is 0 Å². The van der Waals surface area contributed by atoms with Crippen LogP contribution in [0.2, 0.25) is 0 Å². The number of benzene rings is 1. The summed E-state index contributed by atoms with van der Waals surface area (Å²) in [5, 5.41) is 0. The number of esters is 1. The van der Waals surface area contributed by atoms with Crippen LogP contribution in [-0.4, -0.2) is 42.9 Å². The standard InChI is InChI=1S/C16H16BNO4/c1-11(19)18-10-4-6-13(18)16(21)22-14-7-3-2-5-12(14)8-9-15(17)20/h2-3,5,7-9,13H,4,6,10H2,1H3/b9-8-. The van der Waals surface area contributed by atoms with Crippen molar-refractivity contribution in [3.05, 3.63) is 35.9 Å². The lowest BCUT2D eigenvalue weighted by Gasteiger charge is -2.21. The number of para-hydroxylation sites is 1. The first kappa shape index (κ1) is 16.0. The number of nitrogens with zero attached hydrogens (tertiary/aromatic N) is 1. The molecule has 0 N–H and O–H groups in total. The third-order valence-corrected chi connectivity index (χ3v) is 3.49. The number of hydrogen-bond donors (Lipinski definition) is 0. The molecule has 1 amide bonds. The van der Waals surface area contributed by atoms with Crippen molar-refractivity contribution in [2.24, 2.45) is 0 Å². The molecule has 1 atom stereocenters. The van der Waals surface area contributed by atoms with Crippen molar-refractivity contribution in [2.45, 2.75) is 25.8 Å². The zero-order chi connectivity index (χ0) is 16.1. The van der Waals surface area contributed by atoms with Gasteiger partial charge in [0.15, 0.2) is 7.85 Å². The van der Waals surface area contributed by atoms with Crippen LogP contribution < -0.4 is 4.74 Å². The van der Waals surface area contributed by atoms with Crippen LogP contribution in [0.4, 0.5) is 0 Å². The zero-order valence-electron chi connectivity index (χ0n) is 12.3. The number of amides is 1. The molecule has 22 heavy (non-hydrogen) atoms. The van der Waals surface area contributed by atoms with Gasteiger partial charge in [0.05, 0.1) is 5.68 Å². The van der Waals surface area contributed by atoms with Gasteiger partial charge in [0.1, 0.15) is 11.8 Å². The Hall–Kier alpha value is -2.37. The molecule has 0 aliphatic carbocycles. The molecule has 1 aliphatic heterocycles. The minimum atomic E-state index is -0.584. The molecule has 1 aromatic rings. The lowest BCUT2D eigenvalue weighted by molar-refractivity contribution is -0.145. The second-order valence-corrected chi connectivity index (χ2v) is 5.07. The molecule has 1 heterocycles. The van der Waals surface area contributed by atoms with Gasteiger partial charge in [-0.1, -0.05) is 18.2 Å². The fourth-order valence-corrected chi connectivity index (χ4v) is 2.45. The Labute approximate surface area is 130 Å². The Kier molecular flexibility index (Phi) is 5.14. The summed E-state index contributed by atoms with van der Waals surface area (Å²) >= 11 is 0.